The Bertz CT molecular complexity index is 621. The van der Waals surface area contributed by atoms with E-state index in [1.807, 2.05) is 0 Å². The molecule has 0 fully saturated rings. The van der Waals surface area contributed by atoms with E-state index in [9.17, 15) is 10.1 Å². The number of anilines is 1. The van der Waals surface area contributed by atoms with Crippen molar-refractivity contribution in [2.45, 2.75) is 0 Å². The minimum Gasteiger partial charge on any atom is -0.439 e. The summed E-state index contributed by atoms with van der Waals surface area (Å²) >= 11 is 3.19. The average Bonchev–Trinajstić information content (AvgIpc) is 2.38. The molecular weight excluding hydrogens is 316 g/mol. The minimum atomic E-state index is -0.489. The molecule has 1 aromatic carbocycles. The van der Waals surface area contributed by atoms with Crippen LogP contribution in [0.4, 0.5) is 11.5 Å². The Kier molecular flexibility index (Phi) is 3.91. The van der Waals surface area contributed by atoms with E-state index in [0.29, 0.717) is 21.9 Å². The zero-order valence-electron chi connectivity index (χ0n) is 9.83. The lowest BCUT2D eigenvalue weighted by molar-refractivity contribution is -0.385. The first-order valence-electron chi connectivity index (χ1n) is 5.21. The van der Waals surface area contributed by atoms with Crippen molar-refractivity contribution in [1.82, 2.24) is 9.97 Å². The summed E-state index contributed by atoms with van der Waals surface area (Å²) in [4.78, 5) is 18.1. The first kappa shape index (κ1) is 13.2. The molecule has 0 aliphatic carbocycles. The predicted molar refractivity (Wildman–Crippen MR) is 72.4 cm³/mol. The Morgan fingerprint density at radius 1 is 1.32 bits per heavy atom. The Morgan fingerprint density at radius 2 is 2.11 bits per heavy atom. The van der Waals surface area contributed by atoms with Gasteiger partial charge in [0.05, 0.1) is 11.0 Å². The molecule has 7 nitrogen and oxygen atoms in total. The van der Waals surface area contributed by atoms with Crippen molar-refractivity contribution in [3.05, 3.63) is 45.2 Å². The first-order chi connectivity index (χ1) is 9.08. The van der Waals surface area contributed by atoms with Gasteiger partial charge < -0.3 is 10.1 Å². The lowest BCUT2D eigenvalue weighted by Crippen LogP contribution is -1.95. The molecule has 8 heteroatoms. The fourth-order valence-corrected chi connectivity index (χ4v) is 1.83. The number of nitro groups is 1. The molecule has 0 aliphatic rings. The number of halogens is 1. The van der Waals surface area contributed by atoms with Crippen molar-refractivity contribution in [2.75, 3.05) is 12.4 Å². The highest BCUT2D eigenvalue weighted by Gasteiger charge is 2.10. The monoisotopic (exact) mass is 324 g/mol. The van der Waals surface area contributed by atoms with E-state index in [-0.39, 0.29) is 5.69 Å². The first-order valence-corrected chi connectivity index (χ1v) is 6.00. The summed E-state index contributed by atoms with van der Waals surface area (Å²) in [5, 5.41) is 13.6. The number of nitrogens with zero attached hydrogens (tertiary/aromatic N) is 3. The van der Waals surface area contributed by atoms with Crippen molar-refractivity contribution in [3.8, 4) is 11.6 Å². The largest absolute Gasteiger partial charge is 0.439 e. The smallest absolute Gasteiger partial charge is 0.274 e. The van der Waals surface area contributed by atoms with Crippen LogP contribution in [0.5, 0.6) is 11.6 Å². The molecule has 2 rings (SSSR count). The molecule has 0 spiro atoms. The van der Waals surface area contributed by atoms with Gasteiger partial charge in [0.2, 0.25) is 5.88 Å². The minimum absolute atomic E-state index is 0.0627. The summed E-state index contributed by atoms with van der Waals surface area (Å²) in [6.07, 6.45) is 1.34. The van der Waals surface area contributed by atoms with Crippen molar-refractivity contribution in [2.24, 2.45) is 0 Å². The van der Waals surface area contributed by atoms with Crippen LogP contribution in [-0.4, -0.2) is 21.9 Å². The normalized spacial score (nSPS) is 10.0. The maximum atomic E-state index is 10.8. The molecule has 2 aromatic rings. The molecule has 0 amide bonds. The Morgan fingerprint density at radius 3 is 2.79 bits per heavy atom. The summed E-state index contributed by atoms with van der Waals surface area (Å²) in [5.41, 5.74) is -0.0627. The van der Waals surface area contributed by atoms with Crippen LogP contribution < -0.4 is 10.1 Å². The van der Waals surface area contributed by atoms with E-state index in [4.69, 9.17) is 4.74 Å². The number of nitrogens with one attached hydrogen (secondary N) is 1. The number of rotatable bonds is 4. The van der Waals surface area contributed by atoms with Crippen molar-refractivity contribution >= 4 is 27.4 Å². The number of nitro benzene ring substituents is 1. The van der Waals surface area contributed by atoms with Gasteiger partial charge in [-0.3, -0.25) is 10.1 Å². The SMILES string of the molecule is CNc1cc(Oc2cc(Br)cc([N+](=O)[O-])c2)ncn1. The fourth-order valence-electron chi connectivity index (χ4n) is 1.37. The Hall–Kier alpha value is -2.22. The van der Waals surface area contributed by atoms with Gasteiger partial charge in [0, 0.05) is 23.7 Å². The predicted octanol–water partition coefficient (Wildman–Crippen LogP) is 2.98. The maximum absolute atomic E-state index is 10.8. The van der Waals surface area contributed by atoms with Gasteiger partial charge in [-0.05, 0) is 6.07 Å². The molecule has 0 saturated carbocycles. The molecule has 1 heterocycles. The number of hydrogen-bond donors (Lipinski definition) is 1. The zero-order valence-corrected chi connectivity index (χ0v) is 11.4. The quantitative estimate of drug-likeness (QED) is 0.686. The lowest BCUT2D eigenvalue weighted by atomic mass is 10.3. The summed E-state index contributed by atoms with van der Waals surface area (Å²) in [6.45, 7) is 0. The number of non-ortho nitro benzene ring substituents is 1. The van der Waals surface area contributed by atoms with Gasteiger partial charge in [-0.1, -0.05) is 15.9 Å². The topological polar surface area (TPSA) is 90.2 Å². The molecule has 0 bridgehead atoms. The van der Waals surface area contributed by atoms with Crippen LogP contribution in [-0.2, 0) is 0 Å². The molecular formula is C11H9BrN4O3. The van der Waals surface area contributed by atoms with Crippen molar-refractivity contribution < 1.29 is 9.66 Å². The number of hydrogen-bond acceptors (Lipinski definition) is 6. The van der Waals surface area contributed by atoms with Crippen molar-refractivity contribution in [3.63, 3.8) is 0 Å². The van der Waals surface area contributed by atoms with Gasteiger partial charge in [-0.15, -0.1) is 0 Å². The molecule has 1 aromatic heterocycles. The third kappa shape index (κ3) is 3.38. The van der Waals surface area contributed by atoms with Crippen molar-refractivity contribution in [1.29, 1.82) is 0 Å². The summed E-state index contributed by atoms with van der Waals surface area (Å²) in [7, 11) is 1.72. The lowest BCUT2D eigenvalue weighted by Gasteiger charge is -2.06. The second-order valence-corrected chi connectivity index (χ2v) is 4.41. The van der Waals surface area contributed by atoms with Crippen LogP contribution >= 0.6 is 15.9 Å². The highest BCUT2D eigenvalue weighted by Crippen LogP contribution is 2.29. The van der Waals surface area contributed by atoms with Gasteiger partial charge in [0.1, 0.15) is 17.9 Å². The second-order valence-electron chi connectivity index (χ2n) is 3.50. The molecule has 0 atom stereocenters. The molecule has 19 heavy (non-hydrogen) atoms. The van der Waals surface area contributed by atoms with E-state index in [1.54, 1.807) is 19.2 Å². The number of aromatic nitrogens is 2. The average molecular weight is 325 g/mol. The maximum Gasteiger partial charge on any atom is 0.274 e. The van der Waals surface area contributed by atoms with E-state index >= 15 is 0 Å². The standard InChI is InChI=1S/C11H9BrN4O3/c1-13-10-5-11(15-6-14-10)19-9-3-7(12)2-8(4-9)16(17)18/h2-6H,1H3,(H,13,14,15). The molecule has 0 unspecified atom stereocenters. The molecule has 98 valence electrons. The summed E-state index contributed by atoms with van der Waals surface area (Å²) < 4.78 is 6.02. The van der Waals surface area contributed by atoms with E-state index in [2.05, 4.69) is 31.2 Å². The molecule has 0 saturated heterocycles. The molecule has 0 radical (unpaired) electrons. The molecule has 0 aliphatic heterocycles. The zero-order chi connectivity index (χ0) is 13.8. The van der Waals surface area contributed by atoms with Crippen LogP contribution in [0.1, 0.15) is 0 Å². The van der Waals surface area contributed by atoms with Crippen LogP contribution in [0.2, 0.25) is 0 Å². The van der Waals surface area contributed by atoms with E-state index in [0.717, 1.165) is 0 Å². The highest BCUT2D eigenvalue weighted by molar-refractivity contribution is 9.10. The summed E-state index contributed by atoms with van der Waals surface area (Å²) in [5.74, 6) is 1.21. The van der Waals surface area contributed by atoms with E-state index < -0.39 is 4.92 Å². The van der Waals surface area contributed by atoms with Gasteiger partial charge in [-0.2, -0.15) is 0 Å². The second kappa shape index (κ2) is 5.61. The molecule has 1 N–H and O–H groups in total. The van der Waals surface area contributed by atoms with Gasteiger partial charge in [-0.25, -0.2) is 9.97 Å². The van der Waals surface area contributed by atoms with Gasteiger partial charge in [0.15, 0.2) is 0 Å². The Labute approximate surface area is 116 Å². The number of ether oxygens (including phenoxy) is 1. The number of benzene rings is 1. The van der Waals surface area contributed by atoms with Gasteiger partial charge >= 0.3 is 0 Å². The fraction of sp³-hybridized carbons (Fsp3) is 0.0909. The highest BCUT2D eigenvalue weighted by atomic mass is 79.9. The summed E-state index contributed by atoms with van der Waals surface area (Å²) in [6, 6.07) is 5.93. The third-order valence-corrected chi connectivity index (χ3v) is 2.65. The van der Waals surface area contributed by atoms with Crippen LogP contribution in [0, 0.1) is 10.1 Å². The Balaban J connectivity index is 2.29. The van der Waals surface area contributed by atoms with Crippen LogP contribution in [0.3, 0.4) is 0 Å². The van der Waals surface area contributed by atoms with Gasteiger partial charge in [0.25, 0.3) is 5.69 Å². The third-order valence-electron chi connectivity index (χ3n) is 2.19. The van der Waals surface area contributed by atoms with Crippen LogP contribution in [0.25, 0.3) is 0 Å². The van der Waals surface area contributed by atoms with E-state index in [1.165, 1.54) is 18.5 Å². The van der Waals surface area contributed by atoms with Crippen LogP contribution in [0.15, 0.2) is 35.1 Å².